The van der Waals surface area contributed by atoms with Crippen LogP contribution < -0.4 is 14.2 Å². The number of carbonyl (C=O) groups is 2. The van der Waals surface area contributed by atoms with Gasteiger partial charge in [0, 0.05) is 19.8 Å². The largest absolute Gasteiger partial charge is 0.497 e. The Morgan fingerprint density at radius 2 is 1.91 bits per heavy atom. The monoisotopic (exact) mass is 439 g/mol. The third kappa shape index (κ3) is 4.01. The Morgan fingerprint density at radius 3 is 2.59 bits per heavy atom. The third-order valence-corrected chi connectivity index (χ3v) is 5.53. The van der Waals surface area contributed by atoms with Crippen LogP contribution in [0.2, 0.25) is 0 Å². The van der Waals surface area contributed by atoms with Gasteiger partial charge in [-0.1, -0.05) is 6.07 Å². The maximum atomic E-state index is 13.6. The van der Waals surface area contributed by atoms with E-state index in [0.29, 0.717) is 60.3 Å². The van der Waals surface area contributed by atoms with E-state index in [-0.39, 0.29) is 18.3 Å². The molecule has 168 valence electrons. The molecule has 2 heterocycles. The first-order chi connectivity index (χ1) is 15.5. The minimum Gasteiger partial charge on any atom is -0.497 e. The molecule has 2 aromatic carbocycles. The number of rotatable bonds is 9. The average molecular weight is 439 g/mol. The van der Waals surface area contributed by atoms with Gasteiger partial charge >= 0.3 is 5.97 Å². The summed E-state index contributed by atoms with van der Waals surface area (Å²) in [5.41, 5.74) is 1.62. The SMILES string of the molecule is CCOCCCN1C(=O)C(c2ccc3c(c2)OCO3)C(C(=O)O)=C1c1ccc(OC)cc1. The van der Waals surface area contributed by atoms with E-state index in [2.05, 4.69) is 0 Å². The molecule has 1 N–H and O–H groups in total. The molecule has 0 spiro atoms. The Morgan fingerprint density at radius 1 is 1.16 bits per heavy atom. The topological polar surface area (TPSA) is 94.5 Å². The number of aliphatic carboxylic acids is 1. The van der Waals surface area contributed by atoms with Gasteiger partial charge in [-0.05, 0) is 60.9 Å². The summed E-state index contributed by atoms with van der Waals surface area (Å²) in [6.45, 7) is 3.40. The molecule has 8 nitrogen and oxygen atoms in total. The van der Waals surface area contributed by atoms with E-state index in [0.717, 1.165) is 0 Å². The van der Waals surface area contributed by atoms with Crippen LogP contribution in [0, 0.1) is 0 Å². The van der Waals surface area contributed by atoms with Crippen LogP contribution in [-0.4, -0.2) is 55.5 Å². The number of carboxylic acids is 1. The maximum absolute atomic E-state index is 13.6. The highest BCUT2D eigenvalue weighted by Gasteiger charge is 2.44. The zero-order chi connectivity index (χ0) is 22.7. The maximum Gasteiger partial charge on any atom is 0.334 e. The second kappa shape index (κ2) is 9.32. The number of amides is 1. The van der Waals surface area contributed by atoms with Crippen molar-refractivity contribution in [3.8, 4) is 17.2 Å². The Kier molecular flexibility index (Phi) is 6.32. The smallest absolute Gasteiger partial charge is 0.334 e. The molecule has 0 aliphatic carbocycles. The molecule has 0 saturated heterocycles. The van der Waals surface area contributed by atoms with Gasteiger partial charge in [-0.3, -0.25) is 4.79 Å². The first-order valence-corrected chi connectivity index (χ1v) is 10.5. The molecule has 2 aliphatic heterocycles. The van der Waals surface area contributed by atoms with Gasteiger partial charge in [0.25, 0.3) is 0 Å². The zero-order valence-electron chi connectivity index (χ0n) is 18.0. The molecular weight excluding hydrogens is 414 g/mol. The second-order valence-electron chi connectivity index (χ2n) is 7.38. The lowest BCUT2D eigenvalue weighted by Crippen LogP contribution is -2.29. The van der Waals surface area contributed by atoms with Crippen LogP contribution in [0.25, 0.3) is 5.70 Å². The molecule has 0 saturated carbocycles. The highest BCUT2D eigenvalue weighted by molar-refractivity contribution is 6.13. The van der Waals surface area contributed by atoms with E-state index in [9.17, 15) is 14.7 Å². The summed E-state index contributed by atoms with van der Waals surface area (Å²) in [6, 6.07) is 12.1. The number of ether oxygens (including phenoxy) is 4. The van der Waals surface area contributed by atoms with Gasteiger partial charge in [0.05, 0.1) is 24.3 Å². The minimum absolute atomic E-state index is 0.0374. The molecule has 0 bridgehead atoms. The highest BCUT2D eigenvalue weighted by atomic mass is 16.7. The summed E-state index contributed by atoms with van der Waals surface area (Å²) in [5.74, 6) is -0.662. The van der Waals surface area contributed by atoms with Crippen molar-refractivity contribution in [2.45, 2.75) is 19.3 Å². The third-order valence-electron chi connectivity index (χ3n) is 5.53. The number of carbonyl (C=O) groups excluding carboxylic acids is 1. The molecule has 0 fully saturated rings. The van der Waals surface area contributed by atoms with Gasteiger partial charge in [0.15, 0.2) is 11.5 Å². The summed E-state index contributed by atoms with van der Waals surface area (Å²) in [7, 11) is 1.56. The summed E-state index contributed by atoms with van der Waals surface area (Å²) in [5, 5.41) is 10.2. The lowest BCUT2D eigenvalue weighted by Gasteiger charge is -2.22. The van der Waals surface area contributed by atoms with Crippen LogP contribution in [0.3, 0.4) is 0 Å². The lowest BCUT2D eigenvalue weighted by atomic mass is 9.90. The first-order valence-electron chi connectivity index (χ1n) is 10.5. The Balaban J connectivity index is 1.79. The van der Waals surface area contributed by atoms with Gasteiger partial charge in [-0.15, -0.1) is 0 Å². The normalized spacial score (nSPS) is 17.2. The number of hydrogen-bond donors (Lipinski definition) is 1. The molecule has 1 amide bonds. The predicted octanol–water partition coefficient (Wildman–Crippen LogP) is 3.27. The van der Waals surface area contributed by atoms with E-state index in [4.69, 9.17) is 18.9 Å². The van der Waals surface area contributed by atoms with Crippen LogP contribution in [0.5, 0.6) is 17.2 Å². The molecule has 2 aromatic rings. The quantitative estimate of drug-likeness (QED) is 0.599. The summed E-state index contributed by atoms with van der Waals surface area (Å²) in [6.07, 6.45) is 0.583. The molecule has 0 radical (unpaired) electrons. The average Bonchev–Trinajstić information content (AvgIpc) is 3.38. The van der Waals surface area contributed by atoms with Gasteiger partial charge in [0.1, 0.15) is 5.75 Å². The van der Waals surface area contributed by atoms with E-state index in [1.54, 1.807) is 54.5 Å². The van der Waals surface area contributed by atoms with Crippen LogP contribution in [0.4, 0.5) is 0 Å². The first kappa shape index (κ1) is 21.7. The molecule has 8 heteroatoms. The molecular formula is C24H25NO7. The van der Waals surface area contributed by atoms with Crippen molar-refractivity contribution in [2.75, 3.05) is 33.7 Å². The van der Waals surface area contributed by atoms with Crippen LogP contribution in [0.15, 0.2) is 48.0 Å². The fourth-order valence-electron chi connectivity index (χ4n) is 4.05. The van der Waals surface area contributed by atoms with E-state index >= 15 is 0 Å². The fraction of sp³-hybridized carbons (Fsp3) is 0.333. The second-order valence-corrected chi connectivity index (χ2v) is 7.38. The lowest BCUT2D eigenvalue weighted by molar-refractivity contribution is -0.134. The number of carboxylic acid groups (broad SMARTS) is 1. The van der Waals surface area contributed by atoms with Crippen LogP contribution in [0.1, 0.15) is 30.4 Å². The van der Waals surface area contributed by atoms with Crippen molar-refractivity contribution in [3.63, 3.8) is 0 Å². The van der Waals surface area contributed by atoms with E-state index < -0.39 is 11.9 Å². The van der Waals surface area contributed by atoms with Gasteiger partial charge in [-0.25, -0.2) is 4.79 Å². The number of methoxy groups -OCH3 is 1. The Bertz CT molecular complexity index is 1040. The Labute approximate surface area is 185 Å². The minimum atomic E-state index is -1.14. The molecule has 2 aliphatic rings. The van der Waals surface area contributed by atoms with Crippen LogP contribution in [-0.2, 0) is 14.3 Å². The highest BCUT2D eigenvalue weighted by Crippen LogP contribution is 2.44. The van der Waals surface area contributed by atoms with E-state index in [1.807, 2.05) is 6.92 Å². The van der Waals surface area contributed by atoms with Crippen molar-refractivity contribution in [1.29, 1.82) is 0 Å². The number of nitrogens with zero attached hydrogens (tertiary/aromatic N) is 1. The standard InChI is InChI=1S/C24H25NO7/c1-3-30-12-4-11-25-22(15-5-8-17(29-2)9-6-15)21(24(27)28)20(23(25)26)16-7-10-18-19(13-16)32-14-31-18/h5-10,13,20H,3-4,11-12,14H2,1-2H3,(H,27,28). The summed E-state index contributed by atoms with van der Waals surface area (Å²) < 4.78 is 21.4. The molecule has 32 heavy (non-hydrogen) atoms. The van der Waals surface area contributed by atoms with Crippen molar-refractivity contribution in [2.24, 2.45) is 0 Å². The van der Waals surface area contributed by atoms with E-state index in [1.165, 1.54) is 0 Å². The zero-order valence-corrected chi connectivity index (χ0v) is 18.0. The van der Waals surface area contributed by atoms with Crippen LogP contribution >= 0.6 is 0 Å². The van der Waals surface area contributed by atoms with Gasteiger partial charge in [-0.2, -0.15) is 0 Å². The van der Waals surface area contributed by atoms with Crippen molar-refractivity contribution in [3.05, 3.63) is 59.2 Å². The van der Waals surface area contributed by atoms with Gasteiger partial charge in [0.2, 0.25) is 12.7 Å². The Hall–Kier alpha value is -3.52. The number of hydrogen-bond acceptors (Lipinski definition) is 6. The van der Waals surface area contributed by atoms with Crippen molar-refractivity contribution < 1.29 is 33.6 Å². The molecule has 4 rings (SSSR count). The molecule has 0 aromatic heterocycles. The molecule has 1 atom stereocenters. The number of benzene rings is 2. The predicted molar refractivity (Wildman–Crippen MR) is 116 cm³/mol. The van der Waals surface area contributed by atoms with Gasteiger partial charge < -0.3 is 29.0 Å². The molecule has 1 unspecified atom stereocenters. The van der Waals surface area contributed by atoms with Crippen molar-refractivity contribution >= 4 is 17.6 Å². The number of fused-ring (bicyclic) bond motifs is 1. The van der Waals surface area contributed by atoms with Crippen molar-refractivity contribution in [1.82, 2.24) is 4.90 Å². The summed E-state index contributed by atoms with van der Waals surface area (Å²) >= 11 is 0. The fourth-order valence-corrected chi connectivity index (χ4v) is 4.05. The summed E-state index contributed by atoms with van der Waals surface area (Å²) in [4.78, 5) is 27.6.